The maximum absolute atomic E-state index is 6.56. The third-order valence-corrected chi connectivity index (χ3v) is 6.56. The minimum Gasteiger partial charge on any atom is -0.455 e. The standard InChI is InChI=1S/C28H19NO/c1-2-29-22-14-8-7-13-21(22)25-23(29)15-16-24-27(25)26-19-11-5-3-9-17(19)18-10-4-6-12-20(18)28(26)30-24/h3-16H,2H2,1H3. The highest BCUT2D eigenvalue weighted by molar-refractivity contribution is 6.36. The number of nitrogens with zero attached hydrogens (tertiary/aromatic N) is 1. The molecule has 30 heavy (non-hydrogen) atoms. The van der Waals surface area contributed by atoms with Gasteiger partial charge in [0.15, 0.2) is 0 Å². The first-order valence-electron chi connectivity index (χ1n) is 10.5. The molecule has 2 heteroatoms. The maximum Gasteiger partial charge on any atom is 0.143 e. The molecule has 0 aliphatic rings. The zero-order valence-electron chi connectivity index (χ0n) is 16.6. The van der Waals surface area contributed by atoms with Crippen molar-refractivity contribution >= 4 is 65.3 Å². The van der Waals surface area contributed by atoms with E-state index in [2.05, 4.69) is 96.4 Å². The molecule has 0 amide bonds. The number of furan rings is 1. The van der Waals surface area contributed by atoms with Crippen molar-refractivity contribution in [1.82, 2.24) is 4.57 Å². The van der Waals surface area contributed by atoms with Gasteiger partial charge in [0.1, 0.15) is 11.2 Å². The van der Waals surface area contributed by atoms with Crippen LogP contribution >= 0.6 is 0 Å². The van der Waals surface area contributed by atoms with Gasteiger partial charge in [-0.15, -0.1) is 0 Å². The van der Waals surface area contributed by atoms with E-state index in [1.807, 2.05) is 0 Å². The molecule has 0 saturated carbocycles. The summed E-state index contributed by atoms with van der Waals surface area (Å²) in [5.41, 5.74) is 4.49. The zero-order chi connectivity index (χ0) is 19.8. The van der Waals surface area contributed by atoms with E-state index in [1.54, 1.807) is 0 Å². The van der Waals surface area contributed by atoms with Crippen LogP contribution in [0.5, 0.6) is 0 Å². The van der Waals surface area contributed by atoms with Crippen molar-refractivity contribution in [3.8, 4) is 0 Å². The Bertz CT molecular complexity index is 1780. The Kier molecular flexibility index (Phi) is 3.02. The first-order chi connectivity index (χ1) is 14.9. The van der Waals surface area contributed by atoms with Crippen molar-refractivity contribution in [2.75, 3.05) is 0 Å². The molecule has 0 fully saturated rings. The fourth-order valence-electron chi connectivity index (χ4n) is 5.37. The van der Waals surface area contributed by atoms with Gasteiger partial charge in [0.05, 0.1) is 0 Å². The number of rotatable bonds is 1. The molecule has 0 aliphatic heterocycles. The van der Waals surface area contributed by atoms with Gasteiger partial charge < -0.3 is 8.98 Å². The summed E-state index contributed by atoms with van der Waals surface area (Å²) >= 11 is 0. The second-order valence-corrected chi connectivity index (χ2v) is 7.99. The Morgan fingerprint density at radius 3 is 1.97 bits per heavy atom. The summed E-state index contributed by atoms with van der Waals surface area (Å²) in [7, 11) is 0. The summed E-state index contributed by atoms with van der Waals surface area (Å²) in [5, 5.41) is 9.99. The summed E-state index contributed by atoms with van der Waals surface area (Å²) < 4.78 is 8.97. The average molecular weight is 385 g/mol. The molecule has 2 nitrogen and oxygen atoms in total. The van der Waals surface area contributed by atoms with Crippen LogP contribution in [0.15, 0.2) is 89.3 Å². The Morgan fingerprint density at radius 1 is 0.567 bits per heavy atom. The van der Waals surface area contributed by atoms with Gasteiger partial charge in [-0.2, -0.15) is 0 Å². The van der Waals surface area contributed by atoms with E-state index >= 15 is 0 Å². The van der Waals surface area contributed by atoms with Crippen molar-refractivity contribution < 1.29 is 4.42 Å². The van der Waals surface area contributed by atoms with Crippen LogP contribution in [0.2, 0.25) is 0 Å². The third-order valence-electron chi connectivity index (χ3n) is 6.56. The van der Waals surface area contributed by atoms with Crippen LogP contribution in [0.1, 0.15) is 6.92 Å². The molecule has 7 rings (SSSR count). The summed E-state index contributed by atoms with van der Waals surface area (Å²) in [5.74, 6) is 0. The van der Waals surface area contributed by atoms with Gasteiger partial charge >= 0.3 is 0 Å². The Hall–Kier alpha value is -3.78. The van der Waals surface area contributed by atoms with E-state index in [4.69, 9.17) is 4.42 Å². The summed E-state index contributed by atoms with van der Waals surface area (Å²) in [6, 6.07) is 30.4. The summed E-state index contributed by atoms with van der Waals surface area (Å²) in [6.45, 7) is 3.15. The lowest BCUT2D eigenvalue weighted by atomic mass is 9.95. The Balaban J connectivity index is 1.88. The van der Waals surface area contributed by atoms with Crippen LogP contribution in [0.25, 0.3) is 65.3 Å². The highest BCUT2D eigenvalue weighted by Gasteiger charge is 2.20. The molecular formula is C28H19NO. The molecule has 7 aromatic rings. The van der Waals surface area contributed by atoms with E-state index in [1.165, 1.54) is 54.1 Å². The van der Waals surface area contributed by atoms with Crippen LogP contribution < -0.4 is 0 Å². The van der Waals surface area contributed by atoms with Gasteiger partial charge in [-0.25, -0.2) is 0 Å². The lowest BCUT2D eigenvalue weighted by molar-refractivity contribution is 0.673. The van der Waals surface area contributed by atoms with E-state index in [-0.39, 0.29) is 0 Å². The normalized spacial score (nSPS) is 12.3. The molecule has 0 aliphatic carbocycles. The Labute approximate surface area is 172 Å². The van der Waals surface area contributed by atoms with Gasteiger partial charge in [0.2, 0.25) is 0 Å². The second kappa shape index (κ2) is 5.64. The molecular weight excluding hydrogens is 366 g/mol. The van der Waals surface area contributed by atoms with Crippen molar-refractivity contribution in [1.29, 1.82) is 0 Å². The summed E-state index contributed by atoms with van der Waals surface area (Å²) in [4.78, 5) is 0. The molecule has 2 aromatic heterocycles. The first-order valence-corrected chi connectivity index (χ1v) is 10.5. The van der Waals surface area contributed by atoms with Gasteiger partial charge in [-0.05, 0) is 41.3 Å². The second-order valence-electron chi connectivity index (χ2n) is 7.99. The molecule has 0 bridgehead atoms. The molecule has 0 unspecified atom stereocenters. The number of hydrogen-bond donors (Lipinski definition) is 0. The van der Waals surface area contributed by atoms with Crippen molar-refractivity contribution in [2.24, 2.45) is 0 Å². The lowest BCUT2D eigenvalue weighted by Crippen LogP contribution is -1.92. The van der Waals surface area contributed by atoms with Crippen molar-refractivity contribution in [3.05, 3.63) is 84.9 Å². The van der Waals surface area contributed by atoms with Crippen LogP contribution in [0.4, 0.5) is 0 Å². The molecule has 5 aromatic carbocycles. The van der Waals surface area contributed by atoms with Gasteiger partial charge in [-0.1, -0.05) is 66.7 Å². The SMILES string of the molecule is CCn1c2ccccc2c2c3c(ccc21)oc1c2ccccc2c2ccccc2c13. The minimum atomic E-state index is 0.939. The highest BCUT2D eigenvalue weighted by atomic mass is 16.3. The summed E-state index contributed by atoms with van der Waals surface area (Å²) in [6.07, 6.45) is 0. The maximum atomic E-state index is 6.56. The fourth-order valence-corrected chi connectivity index (χ4v) is 5.37. The number of fused-ring (bicyclic) bond motifs is 12. The van der Waals surface area contributed by atoms with Gasteiger partial charge in [0.25, 0.3) is 0 Å². The average Bonchev–Trinajstić information content (AvgIpc) is 3.35. The number of para-hydroxylation sites is 1. The predicted molar refractivity (Wildman–Crippen MR) is 127 cm³/mol. The molecule has 142 valence electrons. The largest absolute Gasteiger partial charge is 0.455 e. The van der Waals surface area contributed by atoms with Crippen LogP contribution in [0.3, 0.4) is 0 Å². The third kappa shape index (κ3) is 1.84. The van der Waals surface area contributed by atoms with E-state index in [9.17, 15) is 0 Å². The predicted octanol–water partition coefficient (Wildman–Crippen LogP) is 8.02. The van der Waals surface area contributed by atoms with Crippen LogP contribution in [-0.2, 0) is 6.54 Å². The monoisotopic (exact) mass is 385 g/mol. The van der Waals surface area contributed by atoms with Gasteiger partial charge in [0, 0.05) is 44.5 Å². The molecule has 0 spiro atoms. The van der Waals surface area contributed by atoms with Crippen molar-refractivity contribution in [2.45, 2.75) is 13.5 Å². The Morgan fingerprint density at radius 2 is 1.20 bits per heavy atom. The van der Waals surface area contributed by atoms with Crippen LogP contribution in [0, 0.1) is 0 Å². The number of aryl methyl sites for hydroxylation is 1. The number of benzene rings is 5. The van der Waals surface area contributed by atoms with E-state index in [0.717, 1.165) is 17.7 Å². The van der Waals surface area contributed by atoms with Crippen molar-refractivity contribution in [3.63, 3.8) is 0 Å². The van der Waals surface area contributed by atoms with E-state index in [0.29, 0.717) is 0 Å². The zero-order valence-corrected chi connectivity index (χ0v) is 16.6. The number of hydrogen-bond acceptors (Lipinski definition) is 1. The molecule has 0 N–H and O–H groups in total. The van der Waals surface area contributed by atoms with Gasteiger partial charge in [-0.3, -0.25) is 0 Å². The highest BCUT2D eigenvalue weighted by Crippen LogP contribution is 2.45. The van der Waals surface area contributed by atoms with Crippen LogP contribution in [-0.4, -0.2) is 4.57 Å². The first kappa shape index (κ1) is 16.1. The number of aromatic nitrogens is 1. The topological polar surface area (TPSA) is 18.1 Å². The molecule has 0 radical (unpaired) electrons. The molecule has 0 saturated heterocycles. The quantitative estimate of drug-likeness (QED) is 0.262. The fraction of sp³-hybridized carbons (Fsp3) is 0.0714. The molecule has 0 atom stereocenters. The smallest absolute Gasteiger partial charge is 0.143 e. The molecule has 2 heterocycles. The van der Waals surface area contributed by atoms with E-state index < -0.39 is 0 Å². The lowest BCUT2D eigenvalue weighted by Gasteiger charge is -2.06. The minimum absolute atomic E-state index is 0.939.